The Kier molecular flexibility index (Phi) is 3.48. The van der Waals surface area contributed by atoms with Gasteiger partial charge in [-0.15, -0.1) is 0 Å². The number of carboxylic acids is 1. The molecule has 1 aromatic carbocycles. The van der Waals surface area contributed by atoms with Gasteiger partial charge in [0.05, 0.1) is 0 Å². The molecule has 0 bridgehead atoms. The third-order valence-corrected chi connectivity index (χ3v) is 1.86. The number of hydrogen-bond acceptors (Lipinski definition) is 3. The van der Waals surface area contributed by atoms with E-state index in [1.807, 2.05) is 0 Å². The Morgan fingerprint density at radius 1 is 1.36 bits per heavy atom. The van der Waals surface area contributed by atoms with Crippen LogP contribution in [0.15, 0.2) is 24.3 Å². The van der Waals surface area contributed by atoms with Crippen molar-refractivity contribution in [1.82, 2.24) is 0 Å². The maximum atomic E-state index is 10.6. The molecule has 0 saturated carbocycles. The van der Waals surface area contributed by atoms with Crippen LogP contribution in [0.5, 0.6) is 0 Å². The molecule has 74 valence electrons. The number of rotatable bonds is 2. The first kappa shape index (κ1) is 10.5. The van der Waals surface area contributed by atoms with Crippen LogP contribution in [0.4, 0.5) is 0 Å². The van der Waals surface area contributed by atoms with Crippen LogP contribution in [0.2, 0.25) is 5.02 Å². The lowest BCUT2D eigenvalue weighted by molar-refractivity contribution is -0.164. The van der Waals surface area contributed by atoms with Gasteiger partial charge in [0.1, 0.15) is 6.61 Å². The molecule has 0 aliphatic rings. The van der Waals surface area contributed by atoms with Crippen LogP contribution in [0, 0.1) is 0 Å². The minimum absolute atomic E-state index is 0.134. The van der Waals surface area contributed by atoms with Crippen molar-refractivity contribution >= 4 is 23.5 Å². The van der Waals surface area contributed by atoms with E-state index < -0.39 is 11.9 Å². The first-order valence-corrected chi connectivity index (χ1v) is 4.12. The Hall–Kier alpha value is -1.55. The van der Waals surface area contributed by atoms with Crippen molar-refractivity contribution in [3.8, 4) is 0 Å². The summed E-state index contributed by atoms with van der Waals surface area (Å²) in [6, 6.07) is 6.73. The minimum atomic E-state index is -1.61. The van der Waals surface area contributed by atoms with E-state index in [9.17, 15) is 9.59 Å². The maximum absolute atomic E-state index is 10.6. The third-order valence-electron chi connectivity index (χ3n) is 1.49. The molecule has 14 heavy (non-hydrogen) atoms. The third kappa shape index (κ3) is 2.74. The van der Waals surface area contributed by atoms with Crippen LogP contribution in [0.25, 0.3) is 0 Å². The smallest absolute Gasteiger partial charge is 0.417 e. The van der Waals surface area contributed by atoms with Gasteiger partial charge in [-0.1, -0.05) is 29.8 Å². The molecule has 0 aliphatic carbocycles. The van der Waals surface area contributed by atoms with Crippen molar-refractivity contribution in [2.75, 3.05) is 0 Å². The Balaban J connectivity index is 2.58. The topological polar surface area (TPSA) is 63.6 Å². The zero-order valence-corrected chi connectivity index (χ0v) is 7.82. The molecule has 4 nitrogen and oxygen atoms in total. The number of ether oxygens (including phenoxy) is 1. The van der Waals surface area contributed by atoms with Crippen LogP contribution in [-0.2, 0) is 20.9 Å². The van der Waals surface area contributed by atoms with Crippen molar-refractivity contribution in [2.45, 2.75) is 6.61 Å². The summed E-state index contributed by atoms with van der Waals surface area (Å²) in [6.45, 7) is -0.134. The summed E-state index contributed by atoms with van der Waals surface area (Å²) in [5.41, 5.74) is 0.573. The Bertz CT molecular complexity index is 362. The lowest BCUT2D eigenvalue weighted by Crippen LogP contribution is -2.16. The summed E-state index contributed by atoms with van der Waals surface area (Å²) >= 11 is 5.75. The summed E-state index contributed by atoms with van der Waals surface area (Å²) in [5.74, 6) is -2.90. The lowest BCUT2D eigenvalue weighted by atomic mass is 10.2. The molecule has 0 amide bonds. The molecule has 0 spiro atoms. The van der Waals surface area contributed by atoms with Crippen LogP contribution >= 0.6 is 11.6 Å². The van der Waals surface area contributed by atoms with Gasteiger partial charge in [0.15, 0.2) is 0 Å². The molecule has 1 aromatic rings. The number of carboxylic acid groups (broad SMARTS) is 1. The predicted molar refractivity (Wildman–Crippen MR) is 48.9 cm³/mol. The SMILES string of the molecule is O=C(O)C(=O)OCc1ccccc1Cl. The molecule has 0 atom stereocenters. The number of hydrogen-bond donors (Lipinski definition) is 1. The largest absolute Gasteiger partial charge is 0.473 e. The van der Waals surface area contributed by atoms with Gasteiger partial charge in [-0.3, -0.25) is 0 Å². The average Bonchev–Trinajstić information content (AvgIpc) is 2.16. The van der Waals surface area contributed by atoms with Gasteiger partial charge in [0, 0.05) is 10.6 Å². The van der Waals surface area contributed by atoms with Crippen molar-refractivity contribution in [3.63, 3.8) is 0 Å². The highest BCUT2D eigenvalue weighted by Gasteiger charge is 2.13. The number of esters is 1. The van der Waals surface area contributed by atoms with E-state index in [1.165, 1.54) is 0 Å². The van der Waals surface area contributed by atoms with Crippen LogP contribution in [0.3, 0.4) is 0 Å². The summed E-state index contributed by atoms with van der Waals surface area (Å²) in [4.78, 5) is 20.7. The number of carbonyl (C=O) groups is 2. The van der Waals surface area contributed by atoms with Gasteiger partial charge in [0.25, 0.3) is 0 Å². The van der Waals surface area contributed by atoms with Gasteiger partial charge >= 0.3 is 11.9 Å². The predicted octanol–water partition coefficient (Wildman–Crippen LogP) is 1.47. The van der Waals surface area contributed by atoms with Gasteiger partial charge in [-0.2, -0.15) is 0 Å². The normalized spacial score (nSPS) is 9.50. The quantitative estimate of drug-likeness (QED) is 0.598. The van der Waals surface area contributed by atoms with Crippen LogP contribution in [0.1, 0.15) is 5.56 Å². The average molecular weight is 215 g/mol. The molecular weight excluding hydrogens is 208 g/mol. The molecular formula is C9H7ClO4. The van der Waals surface area contributed by atoms with E-state index in [4.69, 9.17) is 16.7 Å². The fourth-order valence-corrected chi connectivity index (χ4v) is 1.01. The monoisotopic (exact) mass is 214 g/mol. The van der Waals surface area contributed by atoms with Crippen molar-refractivity contribution in [1.29, 1.82) is 0 Å². The highest BCUT2D eigenvalue weighted by atomic mass is 35.5. The number of benzene rings is 1. The summed E-state index contributed by atoms with van der Waals surface area (Å²) < 4.78 is 4.45. The molecule has 5 heteroatoms. The second kappa shape index (κ2) is 4.62. The van der Waals surface area contributed by atoms with Gasteiger partial charge in [-0.05, 0) is 6.07 Å². The fourth-order valence-electron chi connectivity index (χ4n) is 0.820. The molecule has 1 rings (SSSR count). The lowest BCUT2D eigenvalue weighted by Gasteiger charge is -2.03. The Labute approximate surface area is 85.1 Å². The Morgan fingerprint density at radius 3 is 2.57 bits per heavy atom. The standard InChI is InChI=1S/C9H7ClO4/c10-7-4-2-1-3-6(7)5-14-9(13)8(11)12/h1-4H,5H2,(H,11,12). The van der Waals surface area contributed by atoms with Gasteiger partial charge in [0.2, 0.25) is 0 Å². The molecule has 0 radical (unpaired) electrons. The zero-order chi connectivity index (χ0) is 10.6. The van der Waals surface area contributed by atoms with Crippen molar-refractivity contribution in [2.24, 2.45) is 0 Å². The van der Waals surface area contributed by atoms with E-state index in [2.05, 4.69) is 4.74 Å². The molecule has 0 heterocycles. The highest BCUT2D eigenvalue weighted by molar-refractivity contribution is 6.31. The molecule has 1 N–H and O–H groups in total. The van der Waals surface area contributed by atoms with Crippen molar-refractivity contribution in [3.05, 3.63) is 34.9 Å². The van der Waals surface area contributed by atoms with Gasteiger partial charge in [-0.25, -0.2) is 9.59 Å². The second-order valence-corrected chi connectivity index (χ2v) is 2.88. The molecule has 0 fully saturated rings. The minimum Gasteiger partial charge on any atom is -0.473 e. The van der Waals surface area contributed by atoms with E-state index >= 15 is 0 Å². The highest BCUT2D eigenvalue weighted by Crippen LogP contribution is 2.15. The van der Waals surface area contributed by atoms with E-state index in [-0.39, 0.29) is 6.61 Å². The van der Waals surface area contributed by atoms with Crippen LogP contribution in [-0.4, -0.2) is 17.0 Å². The maximum Gasteiger partial charge on any atom is 0.417 e. The summed E-state index contributed by atoms with van der Waals surface area (Å²) in [6.07, 6.45) is 0. The second-order valence-electron chi connectivity index (χ2n) is 2.47. The van der Waals surface area contributed by atoms with Gasteiger partial charge < -0.3 is 9.84 Å². The first-order chi connectivity index (χ1) is 6.61. The first-order valence-electron chi connectivity index (χ1n) is 3.74. The molecule has 0 aliphatic heterocycles. The van der Waals surface area contributed by atoms with Crippen molar-refractivity contribution < 1.29 is 19.4 Å². The van der Waals surface area contributed by atoms with Crippen LogP contribution < -0.4 is 0 Å². The molecule has 0 unspecified atom stereocenters. The summed E-state index contributed by atoms with van der Waals surface area (Å²) in [7, 11) is 0. The Morgan fingerprint density at radius 2 is 2.00 bits per heavy atom. The summed E-state index contributed by atoms with van der Waals surface area (Å²) in [5, 5.41) is 8.66. The molecule has 0 saturated heterocycles. The number of carbonyl (C=O) groups excluding carboxylic acids is 1. The van der Waals surface area contributed by atoms with E-state index in [0.29, 0.717) is 10.6 Å². The molecule has 0 aromatic heterocycles. The van der Waals surface area contributed by atoms with E-state index in [1.54, 1.807) is 24.3 Å². The number of aliphatic carboxylic acids is 1. The zero-order valence-electron chi connectivity index (χ0n) is 7.07. The fraction of sp³-hybridized carbons (Fsp3) is 0.111. The van der Waals surface area contributed by atoms with E-state index in [0.717, 1.165) is 0 Å². The number of halogens is 1.